The Morgan fingerprint density at radius 2 is 1.80 bits per heavy atom. The van der Waals surface area contributed by atoms with Gasteiger partial charge in [-0.2, -0.15) is 0 Å². The summed E-state index contributed by atoms with van der Waals surface area (Å²) in [5, 5.41) is 0. The molecule has 0 unspecified atom stereocenters. The molecule has 1 aromatic rings. The highest BCUT2D eigenvalue weighted by Crippen LogP contribution is 2.31. The zero-order valence-corrected chi connectivity index (χ0v) is 14.8. The molecule has 0 fully saturated rings. The quantitative estimate of drug-likeness (QED) is 0.454. The molecule has 0 aliphatic carbocycles. The predicted molar refractivity (Wildman–Crippen MR) is 95.8 cm³/mol. The van der Waals surface area contributed by atoms with Crippen molar-refractivity contribution in [3.8, 4) is 11.5 Å². The first-order valence-electron chi connectivity index (χ1n) is 7.92. The largest absolute Gasteiger partial charge is 0.493 e. The summed E-state index contributed by atoms with van der Waals surface area (Å²) in [6.07, 6.45) is 3.78. The monoisotopic (exact) mass is 347 g/mol. The van der Waals surface area contributed by atoms with Crippen LogP contribution in [0.2, 0.25) is 0 Å². The van der Waals surface area contributed by atoms with Crippen molar-refractivity contribution in [2.45, 2.75) is 12.8 Å². The third-order valence-electron chi connectivity index (χ3n) is 3.49. The number of carbonyl (C=O) groups excluding carboxylic acids is 2. The summed E-state index contributed by atoms with van der Waals surface area (Å²) >= 11 is 0. The number of carbonyl (C=O) groups is 2. The Morgan fingerprint density at radius 1 is 1.12 bits per heavy atom. The van der Waals surface area contributed by atoms with Crippen LogP contribution in [0.1, 0.15) is 12.0 Å². The minimum Gasteiger partial charge on any atom is -0.493 e. The molecule has 0 saturated carbocycles. The number of hydrogen-bond donors (Lipinski definition) is 0. The van der Waals surface area contributed by atoms with Crippen LogP contribution in [-0.2, 0) is 20.7 Å². The summed E-state index contributed by atoms with van der Waals surface area (Å²) in [5.41, 5.74) is 0.838. The highest BCUT2D eigenvalue weighted by molar-refractivity contribution is 5.81. The van der Waals surface area contributed by atoms with Crippen LogP contribution >= 0.6 is 0 Å². The molecule has 0 atom stereocenters. The second-order valence-electron chi connectivity index (χ2n) is 5.19. The van der Waals surface area contributed by atoms with Crippen molar-refractivity contribution in [2.75, 3.05) is 33.9 Å². The number of nitrogens with zero attached hydrogens (tertiary/aromatic N) is 1. The van der Waals surface area contributed by atoms with E-state index < -0.39 is 5.97 Å². The second-order valence-corrected chi connectivity index (χ2v) is 5.19. The van der Waals surface area contributed by atoms with E-state index in [1.807, 2.05) is 12.1 Å². The van der Waals surface area contributed by atoms with Crippen molar-refractivity contribution in [2.24, 2.45) is 0 Å². The standard InChI is InChI=1S/C19H25NO5/c1-5-12-20(13-6-2)17(21)14-25-18(22)11-10-15-8-7-9-16(23-3)19(15)24-4/h5-9H,1-2,10-14H2,3-4H3. The van der Waals surface area contributed by atoms with Gasteiger partial charge >= 0.3 is 5.97 Å². The molecule has 0 bridgehead atoms. The van der Waals surface area contributed by atoms with Gasteiger partial charge in [0.25, 0.3) is 5.91 Å². The first-order chi connectivity index (χ1) is 12.1. The van der Waals surface area contributed by atoms with Crippen LogP contribution in [0.5, 0.6) is 11.5 Å². The van der Waals surface area contributed by atoms with Crippen molar-refractivity contribution < 1.29 is 23.8 Å². The molecule has 0 aromatic heterocycles. The molecule has 6 nitrogen and oxygen atoms in total. The normalized spacial score (nSPS) is 9.84. The van der Waals surface area contributed by atoms with E-state index in [-0.39, 0.29) is 18.9 Å². The van der Waals surface area contributed by atoms with Gasteiger partial charge in [-0.25, -0.2) is 0 Å². The van der Waals surface area contributed by atoms with E-state index in [0.717, 1.165) is 5.56 Å². The molecule has 0 aliphatic heterocycles. The van der Waals surface area contributed by atoms with E-state index in [0.29, 0.717) is 31.0 Å². The van der Waals surface area contributed by atoms with Gasteiger partial charge in [0.1, 0.15) is 0 Å². The van der Waals surface area contributed by atoms with Gasteiger partial charge in [-0.15, -0.1) is 13.2 Å². The van der Waals surface area contributed by atoms with Crippen LogP contribution < -0.4 is 9.47 Å². The Bertz CT molecular complexity index is 602. The van der Waals surface area contributed by atoms with E-state index in [1.165, 1.54) is 4.90 Å². The maximum atomic E-state index is 12.0. The number of methoxy groups -OCH3 is 2. The van der Waals surface area contributed by atoms with Crippen molar-refractivity contribution in [1.82, 2.24) is 4.90 Å². The van der Waals surface area contributed by atoms with E-state index >= 15 is 0 Å². The highest BCUT2D eigenvalue weighted by atomic mass is 16.5. The SMILES string of the molecule is C=CCN(CC=C)C(=O)COC(=O)CCc1cccc(OC)c1OC. The third-order valence-corrected chi connectivity index (χ3v) is 3.49. The average molecular weight is 347 g/mol. The maximum Gasteiger partial charge on any atom is 0.306 e. The molecular formula is C19H25NO5. The molecule has 0 spiro atoms. The van der Waals surface area contributed by atoms with Gasteiger partial charge in [-0.05, 0) is 18.1 Å². The lowest BCUT2D eigenvalue weighted by atomic mass is 10.1. The number of rotatable bonds is 11. The summed E-state index contributed by atoms with van der Waals surface area (Å²) in [6, 6.07) is 5.47. The second kappa shape index (κ2) is 10.9. The number of esters is 1. The summed E-state index contributed by atoms with van der Waals surface area (Å²) in [6.45, 7) is 7.65. The number of para-hydroxylation sites is 1. The first kappa shape index (κ1) is 20.3. The van der Waals surface area contributed by atoms with Gasteiger partial charge in [0.05, 0.1) is 14.2 Å². The Balaban J connectivity index is 2.54. The van der Waals surface area contributed by atoms with Crippen molar-refractivity contribution in [1.29, 1.82) is 0 Å². The predicted octanol–water partition coefficient (Wildman–Crippen LogP) is 2.38. The van der Waals surface area contributed by atoms with E-state index in [1.54, 1.807) is 32.4 Å². The van der Waals surface area contributed by atoms with Crippen LogP contribution in [0.3, 0.4) is 0 Å². The average Bonchev–Trinajstić information content (AvgIpc) is 2.63. The highest BCUT2D eigenvalue weighted by Gasteiger charge is 2.15. The van der Waals surface area contributed by atoms with Crippen LogP contribution in [0.25, 0.3) is 0 Å². The summed E-state index contributed by atoms with van der Waals surface area (Å²) in [4.78, 5) is 25.4. The van der Waals surface area contributed by atoms with Gasteiger partial charge in [0.2, 0.25) is 0 Å². The summed E-state index contributed by atoms with van der Waals surface area (Å²) < 4.78 is 15.6. The molecule has 0 radical (unpaired) electrons. The van der Waals surface area contributed by atoms with Crippen molar-refractivity contribution in [3.63, 3.8) is 0 Å². The molecule has 0 N–H and O–H groups in total. The zero-order chi connectivity index (χ0) is 18.7. The fraction of sp³-hybridized carbons (Fsp3) is 0.368. The summed E-state index contributed by atoms with van der Waals surface area (Å²) in [7, 11) is 3.10. The smallest absolute Gasteiger partial charge is 0.306 e. The molecule has 1 aromatic carbocycles. The Kier molecular flexibility index (Phi) is 8.85. The Labute approximate surface area is 148 Å². The van der Waals surface area contributed by atoms with Gasteiger partial charge < -0.3 is 19.1 Å². The molecule has 0 heterocycles. The molecule has 0 aliphatic rings. The van der Waals surface area contributed by atoms with E-state index in [2.05, 4.69) is 13.2 Å². The van der Waals surface area contributed by atoms with Crippen molar-refractivity contribution in [3.05, 3.63) is 49.1 Å². The lowest BCUT2D eigenvalue weighted by Gasteiger charge is -2.19. The minimum atomic E-state index is -0.449. The van der Waals surface area contributed by atoms with Crippen molar-refractivity contribution >= 4 is 11.9 Å². The van der Waals surface area contributed by atoms with E-state index in [4.69, 9.17) is 14.2 Å². The number of aryl methyl sites for hydroxylation is 1. The Hall–Kier alpha value is -2.76. The topological polar surface area (TPSA) is 65.1 Å². The lowest BCUT2D eigenvalue weighted by Crippen LogP contribution is -2.35. The number of benzene rings is 1. The van der Waals surface area contributed by atoms with E-state index in [9.17, 15) is 9.59 Å². The molecule has 25 heavy (non-hydrogen) atoms. The zero-order valence-electron chi connectivity index (χ0n) is 14.8. The number of ether oxygens (including phenoxy) is 3. The molecule has 0 saturated heterocycles. The van der Waals surface area contributed by atoms with Crippen LogP contribution in [0.4, 0.5) is 0 Å². The molecule has 136 valence electrons. The Morgan fingerprint density at radius 3 is 2.36 bits per heavy atom. The van der Waals surface area contributed by atoms with Crippen LogP contribution in [0.15, 0.2) is 43.5 Å². The lowest BCUT2D eigenvalue weighted by molar-refractivity contribution is -0.151. The molecule has 6 heteroatoms. The van der Waals surface area contributed by atoms with Gasteiger partial charge in [-0.3, -0.25) is 9.59 Å². The van der Waals surface area contributed by atoms with Gasteiger partial charge in [-0.1, -0.05) is 24.3 Å². The van der Waals surface area contributed by atoms with Gasteiger partial charge in [0.15, 0.2) is 18.1 Å². The van der Waals surface area contributed by atoms with Crippen LogP contribution in [-0.4, -0.2) is 50.7 Å². The maximum absolute atomic E-state index is 12.0. The molecule has 1 rings (SSSR count). The molecular weight excluding hydrogens is 322 g/mol. The minimum absolute atomic E-state index is 0.139. The third kappa shape index (κ3) is 6.33. The fourth-order valence-corrected chi connectivity index (χ4v) is 2.28. The molecule has 1 amide bonds. The number of hydrogen-bond acceptors (Lipinski definition) is 5. The first-order valence-corrected chi connectivity index (χ1v) is 7.92. The fourth-order valence-electron chi connectivity index (χ4n) is 2.28. The number of amides is 1. The van der Waals surface area contributed by atoms with Crippen LogP contribution in [0, 0.1) is 0 Å². The summed E-state index contributed by atoms with van der Waals surface area (Å²) in [5.74, 6) is 0.465. The van der Waals surface area contributed by atoms with Gasteiger partial charge in [0, 0.05) is 19.5 Å².